The lowest BCUT2D eigenvalue weighted by atomic mass is 9.79. The van der Waals surface area contributed by atoms with Gasteiger partial charge in [0.1, 0.15) is 12.4 Å². The molecule has 1 atom stereocenters. The second-order valence-corrected chi connectivity index (χ2v) is 9.59. The number of guanidine groups is 1. The van der Waals surface area contributed by atoms with Crippen molar-refractivity contribution in [2.45, 2.75) is 89.3 Å². The van der Waals surface area contributed by atoms with E-state index >= 15 is 0 Å². The first-order valence-electron chi connectivity index (χ1n) is 12.4. The number of aromatic nitrogens is 3. The summed E-state index contributed by atoms with van der Waals surface area (Å²) in [5.41, 5.74) is 0.270. The second kappa shape index (κ2) is 12.5. The van der Waals surface area contributed by atoms with Crippen LogP contribution in [0.4, 0.5) is 0 Å². The van der Waals surface area contributed by atoms with Crippen LogP contribution in [0, 0.1) is 6.92 Å². The molecule has 3 aliphatic rings. The zero-order valence-corrected chi connectivity index (χ0v) is 22.3. The molecule has 182 valence electrons. The lowest BCUT2D eigenvalue weighted by Crippen LogP contribution is -2.59. The molecule has 4 rings (SSSR count). The van der Waals surface area contributed by atoms with E-state index in [2.05, 4.69) is 25.7 Å². The fourth-order valence-electron chi connectivity index (χ4n) is 5.36. The van der Waals surface area contributed by atoms with Gasteiger partial charge in [0.05, 0.1) is 6.10 Å². The molecule has 2 saturated heterocycles. The molecule has 2 aliphatic heterocycles. The van der Waals surface area contributed by atoms with E-state index in [1.54, 1.807) is 0 Å². The van der Waals surface area contributed by atoms with Crippen molar-refractivity contribution in [1.29, 1.82) is 0 Å². The van der Waals surface area contributed by atoms with Crippen LogP contribution >= 0.6 is 24.0 Å². The molecule has 3 fully saturated rings. The fraction of sp³-hybridized carbons (Fsp3) is 0.870. The third kappa shape index (κ3) is 6.56. The van der Waals surface area contributed by atoms with Crippen LogP contribution in [-0.2, 0) is 18.3 Å². The predicted octanol–water partition coefficient (Wildman–Crippen LogP) is 3.14. The van der Waals surface area contributed by atoms with E-state index in [4.69, 9.17) is 9.73 Å². The molecule has 0 bridgehead atoms. The standard InChI is InChI=1S/C23H41N7O.HI/c1-19-27-28-21(29(19)2)17-25-22(24-16-20-10-9-15-31-20)26-18-23(11-5-3-6-12-23)30-13-7-4-8-14-30;/h20H,3-18H2,1-2H3,(H2,24,25,26);1H. The molecule has 1 aromatic rings. The number of nitrogens with one attached hydrogen (secondary N) is 2. The normalized spacial score (nSPS) is 24.2. The summed E-state index contributed by atoms with van der Waals surface area (Å²) in [4.78, 5) is 7.67. The van der Waals surface area contributed by atoms with E-state index in [0.717, 1.165) is 50.1 Å². The number of aryl methyl sites for hydroxylation is 1. The molecular formula is C23H42IN7O. The van der Waals surface area contributed by atoms with Gasteiger partial charge in [-0.05, 0) is 58.5 Å². The van der Waals surface area contributed by atoms with Gasteiger partial charge in [-0.25, -0.2) is 4.99 Å². The maximum absolute atomic E-state index is 5.82. The highest BCUT2D eigenvalue weighted by atomic mass is 127. The van der Waals surface area contributed by atoms with E-state index < -0.39 is 0 Å². The average Bonchev–Trinajstić information content (AvgIpc) is 3.45. The summed E-state index contributed by atoms with van der Waals surface area (Å²) >= 11 is 0. The Hall–Kier alpha value is -0.940. The van der Waals surface area contributed by atoms with Crippen molar-refractivity contribution in [2.24, 2.45) is 12.0 Å². The quantitative estimate of drug-likeness (QED) is 0.304. The monoisotopic (exact) mass is 559 g/mol. The first kappa shape index (κ1) is 25.7. The van der Waals surface area contributed by atoms with Gasteiger partial charge in [0.25, 0.3) is 0 Å². The lowest BCUT2D eigenvalue weighted by molar-refractivity contribution is 0.0367. The Morgan fingerprint density at radius 3 is 2.47 bits per heavy atom. The molecule has 1 aliphatic carbocycles. The second-order valence-electron chi connectivity index (χ2n) is 9.59. The van der Waals surface area contributed by atoms with Gasteiger partial charge in [0.2, 0.25) is 0 Å². The number of likely N-dealkylation sites (tertiary alicyclic amines) is 1. The maximum Gasteiger partial charge on any atom is 0.191 e. The average molecular weight is 560 g/mol. The van der Waals surface area contributed by atoms with E-state index in [1.165, 1.54) is 64.5 Å². The molecule has 32 heavy (non-hydrogen) atoms. The summed E-state index contributed by atoms with van der Waals surface area (Å²) in [6.07, 6.45) is 13.3. The van der Waals surface area contributed by atoms with Gasteiger partial charge in [-0.3, -0.25) is 4.90 Å². The van der Waals surface area contributed by atoms with E-state index in [9.17, 15) is 0 Å². The Balaban J connectivity index is 0.00000289. The van der Waals surface area contributed by atoms with E-state index in [1.807, 2.05) is 18.5 Å². The van der Waals surface area contributed by atoms with Crippen LogP contribution in [0.25, 0.3) is 0 Å². The van der Waals surface area contributed by atoms with Gasteiger partial charge in [0.15, 0.2) is 11.8 Å². The first-order chi connectivity index (χ1) is 15.2. The SMILES string of the molecule is Cc1nnc(CN=C(NCC2CCCO2)NCC2(N3CCCCC3)CCCCC2)n1C.I. The van der Waals surface area contributed by atoms with Gasteiger partial charge >= 0.3 is 0 Å². The van der Waals surface area contributed by atoms with Crippen LogP contribution < -0.4 is 10.6 Å². The third-order valence-corrected chi connectivity index (χ3v) is 7.48. The Morgan fingerprint density at radius 2 is 1.81 bits per heavy atom. The number of rotatable bonds is 7. The largest absolute Gasteiger partial charge is 0.376 e. The molecular weight excluding hydrogens is 517 g/mol. The van der Waals surface area contributed by atoms with Crippen LogP contribution in [0.3, 0.4) is 0 Å². The van der Waals surface area contributed by atoms with Crippen molar-refractivity contribution >= 4 is 29.9 Å². The van der Waals surface area contributed by atoms with Gasteiger partial charge in [-0.15, -0.1) is 34.2 Å². The van der Waals surface area contributed by atoms with Crippen LogP contribution in [0.5, 0.6) is 0 Å². The van der Waals surface area contributed by atoms with Crippen LogP contribution in [0.15, 0.2) is 4.99 Å². The molecule has 2 N–H and O–H groups in total. The Kier molecular flexibility index (Phi) is 10.0. The number of nitrogens with zero attached hydrogens (tertiary/aromatic N) is 5. The molecule has 1 saturated carbocycles. The van der Waals surface area contributed by atoms with Crippen molar-refractivity contribution < 1.29 is 4.74 Å². The molecule has 1 unspecified atom stereocenters. The highest BCUT2D eigenvalue weighted by Gasteiger charge is 2.38. The number of aliphatic imine (C=N–C) groups is 1. The summed E-state index contributed by atoms with van der Waals surface area (Å²) in [7, 11) is 2.00. The molecule has 0 radical (unpaired) electrons. The Bertz CT molecular complexity index is 720. The number of halogens is 1. The zero-order chi connectivity index (χ0) is 21.5. The maximum atomic E-state index is 5.82. The summed E-state index contributed by atoms with van der Waals surface area (Å²) < 4.78 is 7.83. The van der Waals surface area contributed by atoms with Crippen LogP contribution in [-0.4, -0.2) is 70.1 Å². The van der Waals surface area contributed by atoms with Gasteiger partial charge in [0, 0.05) is 32.3 Å². The summed E-state index contributed by atoms with van der Waals surface area (Å²) in [5, 5.41) is 15.7. The molecule has 0 aromatic carbocycles. The molecule has 3 heterocycles. The smallest absolute Gasteiger partial charge is 0.191 e. The third-order valence-electron chi connectivity index (χ3n) is 7.48. The Labute approximate surface area is 210 Å². The number of piperidine rings is 1. The van der Waals surface area contributed by atoms with Crippen LogP contribution in [0.2, 0.25) is 0 Å². The van der Waals surface area contributed by atoms with Crippen molar-refractivity contribution in [3.8, 4) is 0 Å². The highest BCUT2D eigenvalue weighted by Crippen LogP contribution is 2.35. The molecule has 8 nitrogen and oxygen atoms in total. The highest BCUT2D eigenvalue weighted by molar-refractivity contribution is 14.0. The molecule has 0 amide bonds. The lowest BCUT2D eigenvalue weighted by Gasteiger charge is -2.48. The minimum atomic E-state index is 0. The molecule has 0 spiro atoms. The number of hydrogen-bond donors (Lipinski definition) is 2. The summed E-state index contributed by atoms with van der Waals surface area (Å²) in [6.45, 7) is 7.63. The minimum absolute atomic E-state index is 0. The predicted molar refractivity (Wildman–Crippen MR) is 139 cm³/mol. The van der Waals surface area contributed by atoms with Crippen molar-refractivity contribution in [1.82, 2.24) is 30.3 Å². The molecule has 9 heteroatoms. The van der Waals surface area contributed by atoms with E-state index in [0.29, 0.717) is 6.54 Å². The van der Waals surface area contributed by atoms with Crippen LogP contribution in [0.1, 0.15) is 75.9 Å². The van der Waals surface area contributed by atoms with Gasteiger partial charge in [-0.2, -0.15) is 0 Å². The molecule has 1 aromatic heterocycles. The zero-order valence-electron chi connectivity index (χ0n) is 19.9. The van der Waals surface area contributed by atoms with Crippen molar-refractivity contribution in [3.05, 3.63) is 11.6 Å². The minimum Gasteiger partial charge on any atom is -0.376 e. The van der Waals surface area contributed by atoms with Crippen molar-refractivity contribution in [2.75, 3.05) is 32.8 Å². The van der Waals surface area contributed by atoms with Crippen molar-refractivity contribution in [3.63, 3.8) is 0 Å². The van der Waals surface area contributed by atoms with Gasteiger partial charge in [-0.1, -0.05) is 25.7 Å². The van der Waals surface area contributed by atoms with Gasteiger partial charge < -0.3 is 19.9 Å². The first-order valence-corrected chi connectivity index (χ1v) is 12.4. The number of ether oxygens (including phenoxy) is 1. The Morgan fingerprint density at radius 1 is 1.06 bits per heavy atom. The summed E-state index contributed by atoms with van der Waals surface area (Å²) in [5.74, 6) is 2.68. The van der Waals surface area contributed by atoms with E-state index in [-0.39, 0.29) is 35.6 Å². The summed E-state index contributed by atoms with van der Waals surface area (Å²) in [6, 6.07) is 0. The number of hydrogen-bond acceptors (Lipinski definition) is 5. The topological polar surface area (TPSA) is 79.6 Å². The fourth-order valence-corrected chi connectivity index (χ4v) is 5.36.